The van der Waals surface area contributed by atoms with Crippen LogP contribution in [-0.2, 0) is 18.3 Å². The molecule has 0 saturated heterocycles. The number of amides is 1. The number of aromatic nitrogens is 2. The number of halogens is 1. The van der Waals surface area contributed by atoms with Crippen molar-refractivity contribution in [1.29, 1.82) is 0 Å². The molecule has 0 radical (unpaired) electrons. The Morgan fingerprint density at radius 3 is 2.75 bits per heavy atom. The van der Waals surface area contributed by atoms with Gasteiger partial charge in [-0.2, -0.15) is 5.10 Å². The Kier molecular flexibility index (Phi) is 2.85. The molecule has 6 heteroatoms. The Morgan fingerprint density at radius 1 is 1.25 bits per heavy atom. The Morgan fingerprint density at radius 2 is 2.05 bits per heavy atom. The fraction of sp³-hybridized carbons (Fsp3) is 0.214. The predicted octanol–water partition coefficient (Wildman–Crippen LogP) is 1.33. The number of carbonyl (C=O) groups is 2. The number of para-hydroxylation sites is 1. The SMILES string of the molecule is Cn1nccc1CCN1C(=O)C(=O)c2cccc(F)c21. The molecule has 1 aliphatic rings. The van der Waals surface area contributed by atoms with Crippen molar-refractivity contribution in [3.05, 3.63) is 47.5 Å². The molecule has 3 rings (SSSR count). The van der Waals surface area contributed by atoms with Crippen LogP contribution in [0.3, 0.4) is 0 Å². The molecule has 1 aliphatic heterocycles. The van der Waals surface area contributed by atoms with Gasteiger partial charge in [-0.25, -0.2) is 4.39 Å². The van der Waals surface area contributed by atoms with Gasteiger partial charge in [-0.05, 0) is 18.2 Å². The van der Waals surface area contributed by atoms with Crippen molar-refractivity contribution in [3.8, 4) is 0 Å². The van der Waals surface area contributed by atoms with Gasteiger partial charge in [-0.3, -0.25) is 14.3 Å². The van der Waals surface area contributed by atoms with E-state index >= 15 is 0 Å². The van der Waals surface area contributed by atoms with Gasteiger partial charge in [0.15, 0.2) is 0 Å². The van der Waals surface area contributed by atoms with Crippen molar-refractivity contribution >= 4 is 17.4 Å². The molecule has 0 bridgehead atoms. The van der Waals surface area contributed by atoms with Crippen LogP contribution >= 0.6 is 0 Å². The maximum atomic E-state index is 13.9. The van der Waals surface area contributed by atoms with E-state index in [4.69, 9.17) is 0 Å². The number of aryl methyl sites for hydroxylation is 1. The Balaban J connectivity index is 1.90. The van der Waals surface area contributed by atoms with Crippen LogP contribution in [-0.4, -0.2) is 28.0 Å². The summed E-state index contributed by atoms with van der Waals surface area (Å²) < 4.78 is 15.6. The maximum absolute atomic E-state index is 13.9. The first-order chi connectivity index (χ1) is 9.59. The Bertz CT molecular complexity index is 708. The lowest BCUT2D eigenvalue weighted by molar-refractivity contribution is -0.114. The number of fused-ring (bicyclic) bond motifs is 1. The van der Waals surface area contributed by atoms with Crippen LogP contribution in [0.2, 0.25) is 0 Å². The number of rotatable bonds is 3. The summed E-state index contributed by atoms with van der Waals surface area (Å²) in [6.07, 6.45) is 2.16. The summed E-state index contributed by atoms with van der Waals surface area (Å²) in [6, 6.07) is 5.99. The van der Waals surface area contributed by atoms with Crippen LogP contribution in [0, 0.1) is 5.82 Å². The summed E-state index contributed by atoms with van der Waals surface area (Å²) in [5.41, 5.74) is 1.14. The number of Topliss-reactive ketones (excluding diaryl/α,β-unsaturated/α-hetero) is 1. The molecule has 20 heavy (non-hydrogen) atoms. The van der Waals surface area contributed by atoms with Crippen LogP contribution in [0.15, 0.2) is 30.5 Å². The van der Waals surface area contributed by atoms with Crippen molar-refractivity contribution in [2.24, 2.45) is 7.05 Å². The number of hydrogen-bond donors (Lipinski definition) is 0. The number of carbonyl (C=O) groups excluding carboxylic acids is 2. The lowest BCUT2D eigenvalue weighted by atomic mass is 10.1. The number of hydrogen-bond acceptors (Lipinski definition) is 3. The lowest BCUT2D eigenvalue weighted by Crippen LogP contribution is -2.32. The standard InChI is InChI=1S/C14H12FN3O2/c1-17-9(5-7-16-17)6-8-18-12-10(13(19)14(18)20)3-2-4-11(12)15/h2-5,7H,6,8H2,1H3. The van der Waals surface area contributed by atoms with Crippen molar-refractivity contribution in [2.75, 3.05) is 11.4 Å². The number of anilines is 1. The summed E-state index contributed by atoms with van der Waals surface area (Å²) in [5, 5.41) is 4.03. The van der Waals surface area contributed by atoms with Crippen LogP contribution in [0.1, 0.15) is 16.1 Å². The molecule has 0 saturated carbocycles. The maximum Gasteiger partial charge on any atom is 0.299 e. The van der Waals surface area contributed by atoms with Crippen molar-refractivity contribution in [1.82, 2.24) is 9.78 Å². The van der Waals surface area contributed by atoms with Gasteiger partial charge in [-0.15, -0.1) is 0 Å². The van der Waals surface area contributed by atoms with Gasteiger partial charge < -0.3 is 4.90 Å². The zero-order valence-corrected chi connectivity index (χ0v) is 10.8. The first-order valence-electron chi connectivity index (χ1n) is 6.21. The molecule has 5 nitrogen and oxygen atoms in total. The van der Waals surface area contributed by atoms with Crippen molar-refractivity contribution < 1.29 is 14.0 Å². The molecule has 102 valence electrons. The fourth-order valence-electron chi connectivity index (χ4n) is 2.40. The molecule has 1 aromatic heterocycles. The third kappa shape index (κ3) is 1.80. The second kappa shape index (κ2) is 4.56. The monoisotopic (exact) mass is 273 g/mol. The molecule has 0 atom stereocenters. The predicted molar refractivity (Wildman–Crippen MR) is 70.0 cm³/mol. The summed E-state index contributed by atoms with van der Waals surface area (Å²) >= 11 is 0. The number of nitrogens with zero attached hydrogens (tertiary/aromatic N) is 3. The largest absolute Gasteiger partial charge is 0.302 e. The van der Waals surface area contributed by atoms with Crippen LogP contribution in [0.4, 0.5) is 10.1 Å². The zero-order chi connectivity index (χ0) is 14.3. The lowest BCUT2D eigenvalue weighted by Gasteiger charge is -2.16. The topological polar surface area (TPSA) is 55.2 Å². The highest BCUT2D eigenvalue weighted by Crippen LogP contribution is 2.31. The second-order valence-corrected chi connectivity index (χ2v) is 4.62. The molecule has 0 fully saturated rings. The highest BCUT2D eigenvalue weighted by Gasteiger charge is 2.37. The van der Waals surface area contributed by atoms with Gasteiger partial charge in [0.25, 0.3) is 11.7 Å². The average molecular weight is 273 g/mol. The van der Waals surface area contributed by atoms with Gasteiger partial charge in [-0.1, -0.05) is 6.07 Å². The summed E-state index contributed by atoms with van der Waals surface area (Å²) in [5.74, 6) is -1.87. The van der Waals surface area contributed by atoms with E-state index in [0.717, 1.165) is 5.69 Å². The van der Waals surface area contributed by atoms with Crippen LogP contribution in [0.25, 0.3) is 0 Å². The van der Waals surface area contributed by atoms with Crippen molar-refractivity contribution in [2.45, 2.75) is 6.42 Å². The summed E-state index contributed by atoms with van der Waals surface area (Å²) in [7, 11) is 1.79. The molecule has 2 heterocycles. The van der Waals surface area contributed by atoms with E-state index in [-0.39, 0.29) is 17.8 Å². The Hall–Kier alpha value is -2.50. The van der Waals surface area contributed by atoms with Gasteiger partial charge in [0, 0.05) is 31.9 Å². The minimum Gasteiger partial charge on any atom is -0.302 e. The third-order valence-electron chi connectivity index (χ3n) is 3.45. The minimum atomic E-state index is -0.674. The summed E-state index contributed by atoms with van der Waals surface area (Å²) in [4.78, 5) is 25.0. The molecule has 0 N–H and O–H groups in total. The molecule has 0 spiro atoms. The van der Waals surface area contributed by atoms with E-state index in [9.17, 15) is 14.0 Å². The number of ketones is 1. The van der Waals surface area contributed by atoms with E-state index < -0.39 is 17.5 Å². The van der Waals surface area contributed by atoms with Gasteiger partial charge in [0.05, 0.1) is 11.3 Å². The zero-order valence-electron chi connectivity index (χ0n) is 10.8. The highest BCUT2D eigenvalue weighted by molar-refractivity contribution is 6.52. The van der Waals surface area contributed by atoms with E-state index in [1.54, 1.807) is 17.9 Å². The van der Waals surface area contributed by atoms with Crippen molar-refractivity contribution in [3.63, 3.8) is 0 Å². The molecule has 0 aliphatic carbocycles. The highest BCUT2D eigenvalue weighted by atomic mass is 19.1. The van der Waals surface area contributed by atoms with E-state index in [1.807, 2.05) is 6.07 Å². The molecule has 1 aromatic carbocycles. The van der Waals surface area contributed by atoms with E-state index in [1.165, 1.54) is 23.1 Å². The summed E-state index contributed by atoms with van der Waals surface area (Å²) in [6.45, 7) is 0.248. The van der Waals surface area contributed by atoms with E-state index in [0.29, 0.717) is 6.42 Å². The van der Waals surface area contributed by atoms with E-state index in [2.05, 4.69) is 5.10 Å². The molecule has 2 aromatic rings. The molecule has 1 amide bonds. The van der Waals surface area contributed by atoms with Gasteiger partial charge >= 0.3 is 0 Å². The molecular weight excluding hydrogens is 261 g/mol. The minimum absolute atomic E-state index is 0.0877. The Labute approximate surface area is 114 Å². The molecule has 0 unspecified atom stereocenters. The van der Waals surface area contributed by atoms with Gasteiger partial charge in [0.1, 0.15) is 5.82 Å². The van der Waals surface area contributed by atoms with Crippen LogP contribution in [0.5, 0.6) is 0 Å². The number of benzene rings is 1. The first-order valence-corrected chi connectivity index (χ1v) is 6.21. The molecular formula is C14H12FN3O2. The average Bonchev–Trinajstić information content (AvgIpc) is 2.94. The first kappa shape index (κ1) is 12.5. The van der Waals surface area contributed by atoms with Crippen LogP contribution < -0.4 is 4.90 Å². The third-order valence-corrected chi connectivity index (χ3v) is 3.45. The second-order valence-electron chi connectivity index (χ2n) is 4.62. The quantitative estimate of drug-likeness (QED) is 0.793. The normalized spacial score (nSPS) is 14.0. The van der Waals surface area contributed by atoms with Gasteiger partial charge in [0.2, 0.25) is 0 Å². The smallest absolute Gasteiger partial charge is 0.299 e. The fourth-order valence-corrected chi connectivity index (χ4v) is 2.40.